The molecule has 0 radical (unpaired) electrons. The molecule has 1 heterocycles. The number of hydrogen-bond acceptors (Lipinski definition) is 2. The third-order valence-corrected chi connectivity index (χ3v) is 4.78. The van der Waals surface area contributed by atoms with Crippen molar-refractivity contribution in [2.45, 2.75) is 18.4 Å². The van der Waals surface area contributed by atoms with Gasteiger partial charge in [0, 0.05) is 28.8 Å². The highest BCUT2D eigenvalue weighted by atomic mass is 19.1. The fraction of sp³-hybridized carbons (Fsp3) is 0.200. The Morgan fingerprint density at radius 1 is 1.16 bits per heavy atom. The average Bonchev–Trinajstić information content (AvgIpc) is 3.33. The second-order valence-corrected chi connectivity index (χ2v) is 6.45. The van der Waals surface area contributed by atoms with Crippen LogP contribution >= 0.6 is 0 Å². The van der Waals surface area contributed by atoms with E-state index in [2.05, 4.69) is 11.9 Å². The van der Waals surface area contributed by atoms with Crippen LogP contribution in [-0.4, -0.2) is 29.3 Å². The molecule has 2 aliphatic rings. The molecule has 2 atom stereocenters. The van der Waals surface area contributed by atoms with Crippen LogP contribution in [0.15, 0.2) is 55.1 Å². The highest BCUT2D eigenvalue weighted by Crippen LogP contribution is 2.40. The van der Waals surface area contributed by atoms with E-state index in [4.69, 9.17) is 0 Å². The van der Waals surface area contributed by atoms with Gasteiger partial charge in [-0.1, -0.05) is 36.9 Å². The Hall–Kier alpha value is -2.95. The summed E-state index contributed by atoms with van der Waals surface area (Å²) in [4.78, 5) is 26.1. The van der Waals surface area contributed by atoms with Gasteiger partial charge in [-0.05, 0) is 30.2 Å². The molecule has 25 heavy (non-hydrogen) atoms. The van der Waals surface area contributed by atoms with Crippen LogP contribution in [0.1, 0.15) is 33.8 Å². The third-order valence-electron chi connectivity index (χ3n) is 4.78. The Morgan fingerprint density at radius 3 is 2.52 bits per heavy atom. The van der Waals surface area contributed by atoms with Gasteiger partial charge in [0.25, 0.3) is 5.91 Å². The minimum absolute atomic E-state index is 0.0336. The molecule has 5 heteroatoms. The van der Waals surface area contributed by atoms with Crippen LogP contribution in [0.3, 0.4) is 0 Å². The number of benzene rings is 2. The predicted octanol–water partition coefficient (Wildman–Crippen LogP) is 2.92. The molecule has 0 spiro atoms. The van der Waals surface area contributed by atoms with Gasteiger partial charge < -0.3 is 5.32 Å². The zero-order valence-corrected chi connectivity index (χ0v) is 13.5. The van der Waals surface area contributed by atoms with Gasteiger partial charge in [0.15, 0.2) is 0 Å². The minimum atomic E-state index is -0.268. The lowest BCUT2D eigenvalue weighted by Crippen LogP contribution is -2.38. The van der Waals surface area contributed by atoms with Crippen molar-refractivity contribution in [3.8, 4) is 0 Å². The molecule has 0 unspecified atom stereocenters. The summed E-state index contributed by atoms with van der Waals surface area (Å²) in [7, 11) is 0. The first-order valence-corrected chi connectivity index (χ1v) is 8.19. The zero-order valence-electron chi connectivity index (χ0n) is 13.5. The van der Waals surface area contributed by atoms with E-state index in [0.29, 0.717) is 11.3 Å². The lowest BCUT2D eigenvalue weighted by molar-refractivity contribution is -0.121. The van der Waals surface area contributed by atoms with Gasteiger partial charge in [0.1, 0.15) is 12.4 Å². The van der Waals surface area contributed by atoms with E-state index in [-0.39, 0.29) is 36.1 Å². The molecule has 1 fully saturated rings. The molecule has 0 bridgehead atoms. The van der Waals surface area contributed by atoms with E-state index >= 15 is 0 Å². The van der Waals surface area contributed by atoms with Gasteiger partial charge in [-0.25, -0.2) is 4.39 Å². The van der Waals surface area contributed by atoms with Gasteiger partial charge in [0.2, 0.25) is 5.91 Å². The fourth-order valence-electron chi connectivity index (χ4n) is 3.33. The number of nitrogens with zero attached hydrogens (tertiary/aromatic N) is 1. The van der Waals surface area contributed by atoms with Crippen LogP contribution in [0.5, 0.6) is 0 Å². The largest absolute Gasteiger partial charge is 0.351 e. The van der Waals surface area contributed by atoms with Crippen LogP contribution < -0.4 is 5.32 Å². The Morgan fingerprint density at radius 2 is 1.84 bits per heavy atom. The van der Waals surface area contributed by atoms with Crippen molar-refractivity contribution in [2.24, 2.45) is 0 Å². The summed E-state index contributed by atoms with van der Waals surface area (Å²) in [5, 5.41) is 2.94. The van der Waals surface area contributed by atoms with Gasteiger partial charge in [-0.15, -0.1) is 0 Å². The number of rotatable bonds is 4. The molecular formula is C20H17FN2O2. The summed E-state index contributed by atoms with van der Waals surface area (Å²) in [6.07, 6.45) is 0.826. The molecule has 0 aromatic heterocycles. The summed E-state index contributed by atoms with van der Waals surface area (Å²) in [6, 6.07) is 13.6. The van der Waals surface area contributed by atoms with E-state index in [0.717, 1.165) is 17.5 Å². The molecule has 4 nitrogen and oxygen atoms in total. The normalized spacial score (nSPS) is 21.2. The number of nitrogens with one attached hydrogen (secondary N) is 1. The van der Waals surface area contributed by atoms with Crippen LogP contribution in [0, 0.1) is 5.82 Å². The second-order valence-electron chi connectivity index (χ2n) is 6.45. The van der Waals surface area contributed by atoms with E-state index in [9.17, 15) is 14.0 Å². The lowest BCUT2D eigenvalue weighted by Gasteiger charge is -2.17. The van der Waals surface area contributed by atoms with E-state index < -0.39 is 0 Å². The number of fused-ring (bicyclic) bond motifs is 1. The van der Waals surface area contributed by atoms with Crippen molar-refractivity contribution in [1.29, 1.82) is 0 Å². The SMILES string of the molecule is C=C1c2ccccc2C(=O)N1CC(=O)N[C@@H]1C[C@H]1c1ccc(F)cc1. The number of carbonyl (C=O) groups excluding carboxylic acids is 2. The Kier molecular flexibility index (Phi) is 3.64. The van der Waals surface area contributed by atoms with Crippen molar-refractivity contribution in [3.05, 3.63) is 77.6 Å². The Balaban J connectivity index is 1.37. The first kappa shape index (κ1) is 15.6. The van der Waals surface area contributed by atoms with Gasteiger partial charge in [0.05, 0.1) is 0 Å². The molecule has 2 aromatic rings. The van der Waals surface area contributed by atoms with Crippen molar-refractivity contribution in [3.63, 3.8) is 0 Å². The molecule has 1 aliphatic carbocycles. The van der Waals surface area contributed by atoms with Gasteiger partial charge >= 0.3 is 0 Å². The van der Waals surface area contributed by atoms with E-state index in [1.165, 1.54) is 17.0 Å². The summed E-state index contributed by atoms with van der Waals surface area (Å²) in [5.41, 5.74) is 2.93. The fourth-order valence-corrected chi connectivity index (χ4v) is 3.33. The van der Waals surface area contributed by atoms with Gasteiger partial charge in [-0.3, -0.25) is 14.5 Å². The number of carbonyl (C=O) groups is 2. The predicted molar refractivity (Wildman–Crippen MR) is 92.2 cm³/mol. The van der Waals surface area contributed by atoms with Crippen LogP contribution in [-0.2, 0) is 4.79 Å². The van der Waals surface area contributed by atoms with Crippen LogP contribution in [0.25, 0.3) is 5.70 Å². The third kappa shape index (κ3) is 2.82. The van der Waals surface area contributed by atoms with Crippen molar-refractivity contribution in [2.75, 3.05) is 6.54 Å². The standard InChI is InChI=1S/C20H17FN2O2/c1-12-15-4-2-3-5-16(15)20(25)23(12)11-19(24)22-18-10-17(18)13-6-8-14(21)9-7-13/h2-9,17-18H,1,10-11H2,(H,22,24)/t17-,18+/m0/s1. The smallest absolute Gasteiger partial charge is 0.259 e. The summed E-state index contributed by atoms with van der Waals surface area (Å²) < 4.78 is 13.0. The highest BCUT2D eigenvalue weighted by molar-refractivity contribution is 6.10. The number of hydrogen-bond donors (Lipinski definition) is 1. The first-order valence-electron chi connectivity index (χ1n) is 8.19. The summed E-state index contributed by atoms with van der Waals surface area (Å²) >= 11 is 0. The van der Waals surface area contributed by atoms with Crippen molar-refractivity contribution in [1.82, 2.24) is 10.2 Å². The highest BCUT2D eigenvalue weighted by Gasteiger charge is 2.40. The maximum absolute atomic E-state index is 13.0. The minimum Gasteiger partial charge on any atom is -0.351 e. The molecule has 0 saturated heterocycles. The molecule has 1 N–H and O–H groups in total. The second kappa shape index (κ2) is 5.84. The number of amides is 2. The topological polar surface area (TPSA) is 49.4 Å². The van der Waals surface area contributed by atoms with Crippen molar-refractivity contribution >= 4 is 17.5 Å². The molecule has 2 aromatic carbocycles. The first-order chi connectivity index (χ1) is 12.0. The molecule has 2 amide bonds. The van der Waals surface area contributed by atoms with E-state index in [1.807, 2.05) is 12.1 Å². The molecule has 1 saturated carbocycles. The monoisotopic (exact) mass is 336 g/mol. The molecule has 126 valence electrons. The average molecular weight is 336 g/mol. The summed E-state index contributed by atoms with van der Waals surface area (Å²) in [5.74, 6) is -0.464. The number of halogens is 1. The van der Waals surface area contributed by atoms with Crippen molar-refractivity contribution < 1.29 is 14.0 Å². The molecule has 4 rings (SSSR count). The van der Waals surface area contributed by atoms with Crippen LogP contribution in [0.4, 0.5) is 4.39 Å². The van der Waals surface area contributed by atoms with E-state index in [1.54, 1.807) is 24.3 Å². The maximum Gasteiger partial charge on any atom is 0.259 e. The quantitative estimate of drug-likeness (QED) is 0.933. The zero-order chi connectivity index (χ0) is 17.6. The molecular weight excluding hydrogens is 319 g/mol. The summed E-state index contributed by atoms with van der Waals surface area (Å²) in [6.45, 7) is 3.89. The molecule has 1 aliphatic heterocycles. The Labute approximate surface area is 145 Å². The Bertz CT molecular complexity index is 841. The van der Waals surface area contributed by atoms with Crippen LogP contribution in [0.2, 0.25) is 0 Å². The maximum atomic E-state index is 13.0. The lowest BCUT2D eigenvalue weighted by atomic mass is 10.1. The van der Waals surface area contributed by atoms with Gasteiger partial charge in [-0.2, -0.15) is 0 Å².